The van der Waals surface area contributed by atoms with Crippen molar-refractivity contribution in [2.45, 2.75) is 38.8 Å². The lowest BCUT2D eigenvalue weighted by Gasteiger charge is -2.34. The summed E-state index contributed by atoms with van der Waals surface area (Å²) < 4.78 is 8.31. The average Bonchev–Trinajstić information content (AvgIpc) is 3.88. The number of nitrogens with zero attached hydrogens (tertiary/aromatic N) is 6. The van der Waals surface area contributed by atoms with E-state index in [4.69, 9.17) is 24.8 Å². The van der Waals surface area contributed by atoms with Crippen molar-refractivity contribution in [1.29, 1.82) is 0 Å². The second kappa shape index (κ2) is 14.1. The Kier molecular flexibility index (Phi) is 9.05. The van der Waals surface area contributed by atoms with E-state index >= 15 is 0 Å². The first kappa shape index (κ1) is 34.0. The minimum atomic E-state index is -1.01. The molecule has 0 amide bonds. The molecule has 6 aromatic rings. The number of fused-ring (bicyclic) bond motifs is 1. The molecule has 262 valence electrons. The van der Waals surface area contributed by atoms with Crippen LogP contribution in [0, 0.1) is 6.92 Å². The number of carbonyl (C=O) groups is 1. The third-order valence-corrected chi connectivity index (χ3v) is 10.6. The normalized spacial score (nSPS) is 11.7. The third-order valence-electron chi connectivity index (χ3n) is 9.81. The maximum atomic E-state index is 12.6. The average molecular weight is 764 g/mol. The Morgan fingerprint density at radius 3 is 1.96 bits per heavy atom. The van der Waals surface area contributed by atoms with Crippen LogP contribution in [0.3, 0.4) is 0 Å². The lowest BCUT2D eigenvalue weighted by atomic mass is 9.77. The molecule has 4 aromatic carbocycles. The monoisotopic (exact) mass is 762 g/mol. The van der Waals surface area contributed by atoms with Crippen molar-refractivity contribution < 1.29 is 14.3 Å². The maximum absolute atomic E-state index is 12.6. The molecule has 2 aliphatic rings. The fourth-order valence-corrected chi connectivity index (χ4v) is 8.30. The first-order valence-electron chi connectivity index (χ1n) is 17.5. The summed E-state index contributed by atoms with van der Waals surface area (Å²) in [7, 11) is 0. The summed E-state index contributed by atoms with van der Waals surface area (Å²) in [5, 5.41) is 25.1. The van der Waals surface area contributed by atoms with Gasteiger partial charge < -0.3 is 14.1 Å². The van der Waals surface area contributed by atoms with Crippen LogP contribution in [0.25, 0.3) is 33.6 Å². The van der Waals surface area contributed by atoms with Crippen LogP contribution < -0.4 is 0 Å². The van der Waals surface area contributed by atoms with Crippen LogP contribution in [0.5, 0.6) is 0 Å². The first-order chi connectivity index (χ1) is 25.9. The fourth-order valence-electron chi connectivity index (χ4n) is 7.54. The molecule has 0 saturated carbocycles. The van der Waals surface area contributed by atoms with E-state index in [1.165, 1.54) is 0 Å². The predicted octanol–water partition coefficient (Wildman–Crippen LogP) is 9.51. The molecule has 0 fully saturated rings. The van der Waals surface area contributed by atoms with E-state index in [9.17, 15) is 9.90 Å². The van der Waals surface area contributed by atoms with E-state index in [1.54, 1.807) is 24.2 Å². The zero-order valence-electron chi connectivity index (χ0n) is 29.1. The Labute approximate surface area is 315 Å². The van der Waals surface area contributed by atoms with Gasteiger partial charge in [-0.2, -0.15) is 0 Å². The van der Waals surface area contributed by atoms with Crippen LogP contribution in [0.2, 0.25) is 0 Å². The van der Waals surface area contributed by atoms with Crippen molar-refractivity contribution in [2.24, 2.45) is 0 Å². The fraction of sp³-hybridized carbons (Fsp3) is 0.140. The van der Waals surface area contributed by atoms with Crippen molar-refractivity contribution in [1.82, 2.24) is 29.8 Å². The van der Waals surface area contributed by atoms with Gasteiger partial charge in [-0.3, -0.25) is 0 Å². The van der Waals surface area contributed by atoms with Gasteiger partial charge in [0.1, 0.15) is 5.82 Å². The Morgan fingerprint density at radius 2 is 1.38 bits per heavy atom. The molecule has 9 nitrogen and oxygen atoms in total. The second-order valence-corrected chi connectivity index (χ2v) is 13.7. The number of carboxylic acids is 1. The van der Waals surface area contributed by atoms with Gasteiger partial charge in [-0.25, -0.2) is 9.78 Å². The van der Waals surface area contributed by atoms with E-state index in [0.717, 1.165) is 66.8 Å². The Morgan fingerprint density at radius 1 is 0.792 bits per heavy atom. The standard InChI is InChI=1S/C43H35BrN6O3/c1-3-15-37-45-28(2)40(42(51)52)49(37)26-35-32-24-25-53-27-36(32)39(44)38(35)33-22-13-14-23-34(33)41-46-48-50(47-41)43(29-16-7-4-8-17-29,30-18-9-5-10-19-30)31-20-11-6-12-21-31/h4-14,16-25,27H,3,15,26H2,1-2H3,(H,51,52). The SMILES string of the molecule is CCCc1nc(C)c(C(=O)O)n1Cc1c2ccocc-2c(Br)c1-c1ccccc1-c1nnn(C(c2ccccc2)(c2ccccc2)c2ccccc2)n1. The Balaban J connectivity index is 1.34. The van der Waals surface area contributed by atoms with Gasteiger partial charge in [-0.05, 0) is 73.9 Å². The zero-order chi connectivity index (χ0) is 36.5. The first-order valence-corrected chi connectivity index (χ1v) is 18.2. The number of tetrazole rings is 1. The zero-order valence-corrected chi connectivity index (χ0v) is 30.7. The van der Waals surface area contributed by atoms with Gasteiger partial charge in [0.25, 0.3) is 0 Å². The summed E-state index contributed by atoms with van der Waals surface area (Å²) in [6.45, 7) is 4.10. The van der Waals surface area contributed by atoms with E-state index in [-0.39, 0.29) is 12.2 Å². The highest BCUT2D eigenvalue weighted by Gasteiger charge is 2.41. The van der Waals surface area contributed by atoms with Gasteiger partial charge in [0, 0.05) is 27.6 Å². The minimum Gasteiger partial charge on any atom is -0.477 e. The number of imidazole rings is 1. The smallest absolute Gasteiger partial charge is 0.354 e. The number of rotatable bonds is 11. The number of benzene rings is 4. The van der Waals surface area contributed by atoms with Crippen LogP contribution in [0.15, 0.2) is 143 Å². The molecule has 8 rings (SSSR count). The highest BCUT2D eigenvalue weighted by Crippen LogP contribution is 2.49. The molecular weight excluding hydrogens is 728 g/mol. The van der Waals surface area contributed by atoms with Gasteiger partial charge in [-0.1, -0.05) is 122 Å². The van der Waals surface area contributed by atoms with Crippen LogP contribution in [0.4, 0.5) is 0 Å². The number of aryl methyl sites for hydroxylation is 2. The number of carboxylic acid groups (broad SMARTS) is 1. The third kappa shape index (κ3) is 5.75. The Bertz CT molecular complexity index is 2410. The van der Waals surface area contributed by atoms with E-state index in [1.807, 2.05) is 89.5 Å². The molecule has 3 heterocycles. The lowest BCUT2D eigenvalue weighted by Crippen LogP contribution is -2.39. The summed E-state index contributed by atoms with van der Waals surface area (Å²) in [6.07, 6.45) is 4.82. The van der Waals surface area contributed by atoms with Gasteiger partial charge in [0.05, 0.1) is 24.8 Å². The van der Waals surface area contributed by atoms with Gasteiger partial charge in [0.15, 0.2) is 11.2 Å². The number of halogens is 1. The number of hydrogen-bond acceptors (Lipinski definition) is 6. The number of aromatic carboxylic acids is 1. The molecule has 0 spiro atoms. The molecule has 10 heteroatoms. The second-order valence-electron chi connectivity index (χ2n) is 12.9. The van der Waals surface area contributed by atoms with Crippen molar-refractivity contribution in [3.8, 4) is 33.6 Å². The van der Waals surface area contributed by atoms with Gasteiger partial charge in [-0.15, -0.1) is 15.0 Å². The molecular formula is C43H35BrN6O3. The molecule has 0 atom stereocenters. The summed E-state index contributed by atoms with van der Waals surface area (Å²) >= 11 is 3.93. The van der Waals surface area contributed by atoms with Gasteiger partial charge >= 0.3 is 5.97 Å². The van der Waals surface area contributed by atoms with E-state index in [0.29, 0.717) is 17.9 Å². The molecule has 1 N–H and O–H groups in total. The molecule has 0 bridgehead atoms. The summed E-state index contributed by atoms with van der Waals surface area (Å²) in [6, 6.07) is 40.6. The highest BCUT2D eigenvalue weighted by atomic mass is 79.9. The topological polar surface area (TPSA) is 112 Å². The van der Waals surface area contributed by atoms with Crippen molar-refractivity contribution in [2.75, 3.05) is 0 Å². The molecule has 2 aromatic heterocycles. The molecule has 1 aliphatic heterocycles. The van der Waals surface area contributed by atoms with Crippen LogP contribution in [-0.4, -0.2) is 40.8 Å². The summed E-state index contributed by atoms with van der Waals surface area (Å²) in [5.74, 6) is 0.164. The van der Waals surface area contributed by atoms with E-state index < -0.39 is 11.5 Å². The van der Waals surface area contributed by atoms with Crippen LogP contribution in [-0.2, 0) is 18.5 Å². The van der Waals surface area contributed by atoms with E-state index in [2.05, 4.69) is 59.3 Å². The van der Waals surface area contributed by atoms with Crippen LogP contribution in [0.1, 0.15) is 57.6 Å². The number of aromatic nitrogens is 6. The van der Waals surface area contributed by atoms with Crippen molar-refractivity contribution in [3.05, 3.63) is 178 Å². The summed E-state index contributed by atoms with van der Waals surface area (Å²) in [5.41, 5.74) is 7.94. The quantitative estimate of drug-likeness (QED) is 0.131. The van der Waals surface area contributed by atoms with Gasteiger partial charge in [0.2, 0.25) is 5.82 Å². The molecule has 53 heavy (non-hydrogen) atoms. The van der Waals surface area contributed by atoms with Crippen LogP contribution >= 0.6 is 15.9 Å². The molecule has 0 radical (unpaired) electrons. The minimum absolute atomic E-state index is 0.183. The van der Waals surface area contributed by atoms with Crippen molar-refractivity contribution >= 4 is 21.9 Å². The molecule has 1 aliphatic carbocycles. The summed E-state index contributed by atoms with van der Waals surface area (Å²) in [4.78, 5) is 19.0. The maximum Gasteiger partial charge on any atom is 0.354 e. The lowest BCUT2D eigenvalue weighted by molar-refractivity contribution is 0.0684. The largest absolute Gasteiger partial charge is 0.477 e. The Hall–Kier alpha value is -6.13. The molecule has 0 unspecified atom stereocenters. The van der Waals surface area contributed by atoms with Crippen molar-refractivity contribution in [3.63, 3.8) is 0 Å². The molecule has 0 saturated heterocycles. The number of hydrogen-bond donors (Lipinski definition) is 1. The predicted molar refractivity (Wildman–Crippen MR) is 207 cm³/mol. The highest BCUT2D eigenvalue weighted by molar-refractivity contribution is 9.10.